The summed E-state index contributed by atoms with van der Waals surface area (Å²) in [6.45, 7) is 10.4. The van der Waals surface area contributed by atoms with Gasteiger partial charge in [-0.15, -0.1) is 0 Å². The number of hydrogen-bond donors (Lipinski definition) is 4. The fourth-order valence-electron chi connectivity index (χ4n) is 3.65. The number of quaternary nitrogens is 1. The van der Waals surface area contributed by atoms with Crippen molar-refractivity contribution in [1.82, 2.24) is 5.32 Å². The highest BCUT2D eigenvalue weighted by Crippen LogP contribution is 2.26. The van der Waals surface area contributed by atoms with Crippen LogP contribution in [-0.4, -0.2) is 72.1 Å². The normalized spacial score (nSPS) is 25.0. The summed E-state index contributed by atoms with van der Waals surface area (Å²) in [6.07, 6.45) is 6.22. The van der Waals surface area contributed by atoms with E-state index in [1.807, 2.05) is 32.9 Å². The topological polar surface area (TPSA) is 95.6 Å². The van der Waals surface area contributed by atoms with E-state index in [1.54, 1.807) is 0 Å². The second-order valence-corrected chi connectivity index (χ2v) is 8.03. The lowest BCUT2D eigenvalue weighted by Gasteiger charge is -2.48. The second kappa shape index (κ2) is 10.3. The largest absolute Gasteiger partial charge is 0.392 e. The number of hydrogen-bond acceptors (Lipinski definition) is 4. The van der Waals surface area contributed by atoms with Gasteiger partial charge in [-0.05, 0) is 19.8 Å². The van der Waals surface area contributed by atoms with Crippen LogP contribution in [-0.2, 0) is 4.79 Å². The molecule has 1 atom stereocenters. The standard InChI is InChI=1S/C19H37N3O3/c1-4-9-19(2,3)17(24)7-5-6-8-18(25)21-11-13-22(12-10-20)14-16(23)15-22/h4,9,16-17,23-24H,5-8,10-15,20H2,1-3H3/p+1. The third-order valence-corrected chi connectivity index (χ3v) is 5.29. The lowest BCUT2D eigenvalue weighted by atomic mass is 9.83. The number of unbranched alkanes of at least 4 members (excludes halogenated alkanes) is 1. The fourth-order valence-corrected chi connectivity index (χ4v) is 3.65. The number of carbonyl (C=O) groups is 1. The van der Waals surface area contributed by atoms with Gasteiger partial charge in [0.2, 0.25) is 5.91 Å². The Kier molecular flexibility index (Phi) is 9.07. The van der Waals surface area contributed by atoms with Crippen LogP contribution >= 0.6 is 0 Å². The molecule has 146 valence electrons. The molecular formula is C19H38N3O3+. The number of nitrogens with one attached hydrogen (secondary N) is 1. The smallest absolute Gasteiger partial charge is 0.220 e. The van der Waals surface area contributed by atoms with E-state index in [2.05, 4.69) is 5.32 Å². The van der Waals surface area contributed by atoms with Crippen LogP contribution in [0.5, 0.6) is 0 Å². The van der Waals surface area contributed by atoms with Crippen LogP contribution in [0.1, 0.15) is 46.5 Å². The number of rotatable bonds is 12. The van der Waals surface area contributed by atoms with Crippen LogP contribution in [0.15, 0.2) is 12.2 Å². The molecule has 1 rings (SSSR count). The van der Waals surface area contributed by atoms with Gasteiger partial charge in [0.25, 0.3) is 0 Å². The Morgan fingerprint density at radius 1 is 1.36 bits per heavy atom. The molecule has 5 N–H and O–H groups in total. The molecule has 1 saturated heterocycles. The lowest BCUT2D eigenvalue weighted by molar-refractivity contribution is -0.970. The first-order valence-corrected chi connectivity index (χ1v) is 9.56. The zero-order valence-corrected chi connectivity index (χ0v) is 16.2. The van der Waals surface area contributed by atoms with Crippen molar-refractivity contribution in [3.63, 3.8) is 0 Å². The predicted molar refractivity (Wildman–Crippen MR) is 101 cm³/mol. The molecule has 0 aromatic heterocycles. The molecule has 0 aromatic rings. The number of allylic oxidation sites excluding steroid dienone is 1. The van der Waals surface area contributed by atoms with Gasteiger partial charge in [-0.1, -0.05) is 32.4 Å². The minimum absolute atomic E-state index is 0.0641. The van der Waals surface area contributed by atoms with E-state index >= 15 is 0 Å². The van der Waals surface area contributed by atoms with Gasteiger partial charge in [0.05, 0.1) is 25.7 Å². The average Bonchev–Trinajstić information content (AvgIpc) is 2.50. The van der Waals surface area contributed by atoms with Crippen LogP contribution in [0, 0.1) is 5.41 Å². The molecule has 25 heavy (non-hydrogen) atoms. The highest BCUT2D eigenvalue weighted by molar-refractivity contribution is 5.75. The van der Waals surface area contributed by atoms with E-state index in [0.717, 1.165) is 43.5 Å². The summed E-state index contributed by atoms with van der Waals surface area (Å²) in [4.78, 5) is 11.9. The summed E-state index contributed by atoms with van der Waals surface area (Å²) in [5.74, 6) is 0.0641. The fraction of sp³-hybridized carbons (Fsp3) is 0.842. The minimum Gasteiger partial charge on any atom is -0.392 e. The van der Waals surface area contributed by atoms with E-state index in [-0.39, 0.29) is 23.5 Å². The Bertz CT molecular complexity index is 426. The van der Waals surface area contributed by atoms with Crippen molar-refractivity contribution in [2.75, 3.05) is 39.3 Å². The maximum absolute atomic E-state index is 11.9. The SMILES string of the molecule is CC=CC(C)(C)C(O)CCCCC(=O)NCC[N+]1(CCN)CC(O)C1. The highest BCUT2D eigenvalue weighted by Gasteiger charge is 2.41. The molecule has 1 unspecified atom stereocenters. The molecule has 0 aromatic carbocycles. The predicted octanol–water partition coefficient (Wildman–Crippen LogP) is 0.776. The summed E-state index contributed by atoms with van der Waals surface area (Å²) >= 11 is 0. The molecule has 1 amide bonds. The van der Waals surface area contributed by atoms with E-state index < -0.39 is 0 Å². The van der Waals surface area contributed by atoms with Gasteiger partial charge in [-0.25, -0.2) is 0 Å². The van der Waals surface area contributed by atoms with Crippen molar-refractivity contribution in [3.05, 3.63) is 12.2 Å². The Hall–Kier alpha value is -0.950. The van der Waals surface area contributed by atoms with Crippen LogP contribution in [0.4, 0.5) is 0 Å². The monoisotopic (exact) mass is 356 g/mol. The molecule has 1 heterocycles. The van der Waals surface area contributed by atoms with Gasteiger partial charge in [-0.2, -0.15) is 0 Å². The Balaban J connectivity index is 2.15. The van der Waals surface area contributed by atoms with Crippen molar-refractivity contribution < 1.29 is 19.5 Å². The van der Waals surface area contributed by atoms with Gasteiger partial charge in [0, 0.05) is 18.4 Å². The Morgan fingerprint density at radius 2 is 2.04 bits per heavy atom. The minimum atomic E-state index is -0.384. The van der Waals surface area contributed by atoms with Gasteiger partial charge in [0.15, 0.2) is 6.10 Å². The molecular weight excluding hydrogens is 318 g/mol. The highest BCUT2D eigenvalue weighted by atomic mass is 16.3. The maximum atomic E-state index is 11.9. The first-order chi connectivity index (χ1) is 11.7. The Morgan fingerprint density at radius 3 is 2.60 bits per heavy atom. The third kappa shape index (κ3) is 7.44. The molecule has 0 radical (unpaired) electrons. The number of likely N-dealkylation sites (tertiary alicyclic amines) is 1. The maximum Gasteiger partial charge on any atom is 0.220 e. The van der Waals surface area contributed by atoms with Crippen molar-refractivity contribution in [1.29, 1.82) is 0 Å². The summed E-state index contributed by atoms with van der Waals surface area (Å²) in [6, 6.07) is 0. The number of nitrogens with zero attached hydrogens (tertiary/aromatic N) is 1. The quantitative estimate of drug-likeness (QED) is 0.236. The summed E-state index contributed by atoms with van der Waals surface area (Å²) in [5, 5.41) is 22.7. The number of carbonyl (C=O) groups excluding carboxylic acids is 1. The number of amides is 1. The molecule has 6 heteroatoms. The Labute approximate surface area is 152 Å². The van der Waals surface area contributed by atoms with E-state index in [9.17, 15) is 15.0 Å². The molecule has 1 aliphatic heterocycles. The number of aliphatic hydroxyl groups is 2. The third-order valence-electron chi connectivity index (χ3n) is 5.29. The molecule has 0 spiro atoms. The van der Waals surface area contributed by atoms with Crippen LogP contribution in [0.2, 0.25) is 0 Å². The first-order valence-electron chi connectivity index (χ1n) is 9.56. The molecule has 1 aliphatic rings. The second-order valence-electron chi connectivity index (χ2n) is 8.03. The summed E-state index contributed by atoms with van der Waals surface area (Å²) < 4.78 is 0.810. The van der Waals surface area contributed by atoms with Gasteiger partial charge >= 0.3 is 0 Å². The number of nitrogens with two attached hydrogens (primary N) is 1. The van der Waals surface area contributed by atoms with Crippen molar-refractivity contribution >= 4 is 5.91 Å². The molecule has 6 nitrogen and oxygen atoms in total. The van der Waals surface area contributed by atoms with E-state index in [4.69, 9.17) is 5.73 Å². The zero-order valence-electron chi connectivity index (χ0n) is 16.2. The van der Waals surface area contributed by atoms with Gasteiger partial charge < -0.3 is 25.7 Å². The average molecular weight is 357 g/mol. The summed E-state index contributed by atoms with van der Waals surface area (Å²) in [5.41, 5.74) is 5.42. The van der Waals surface area contributed by atoms with E-state index in [0.29, 0.717) is 25.9 Å². The van der Waals surface area contributed by atoms with Crippen molar-refractivity contribution in [3.8, 4) is 0 Å². The van der Waals surface area contributed by atoms with Crippen molar-refractivity contribution in [2.45, 2.75) is 58.7 Å². The van der Waals surface area contributed by atoms with Gasteiger partial charge in [-0.3, -0.25) is 4.79 Å². The molecule has 0 aliphatic carbocycles. The van der Waals surface area contributed by atoms with Crippen LogP contribution in [0.25, 0.3) is 0 Å². The van der Waals surface area contributed by atoms with Crippen LogP contribution in [0.3, 0.4) is 0 Å². The zero-order chi connectivity index (χ0) is 18.9. The lowest BCUT2D eigenvalue weighted by Crippen LogP contribution is -2.69. The van der Waals surface area contributed by atoms with E-state index in [1.165, 1.54) is 0 Å². The molecule has 0 saturated carbocycles. The van der Waals surface area contributed by atoms with Crippen molar-refractivity contribution in [2.24, 2.45) is 11.1 Å². The van der Waals surface area contributed by atoms with Crippen LogP contribution < -0.4 is 11.1 Å². The first kappa shape index (κ1) is 22.1. The summed E-state index contributed by atoms with van der Waals surface area (Å²) in [7, 11) is 0. The van der Waals surface area contributed by atoms with Gasteiger partial charge in [0.1, 0.15) is 13.1 Å². The molecule has 0 bridgehead atoms. The molecule has 1 fully saturated rings. The number of aliphatic hydroxyl groups excluding tert-OH is 2.